The van der Waals surface area contributed by atoms with Crippen molar-refractivity contribution in [3.8, 4) is 0 Å². The molecule has 2 heterocycles. The molecule has 0 aliphatic carbocycles. The highest BCUT2D eigenvalue weighted by Crippen LogP contribution is 2.21. The fraction of sp³-hybridized carbons (Fsp3) is 0.520. The van der Waals surface area contributed by atoms with Crippen LogP contribution < -0.4 is 5.32 Å². The van der Waals surface area contributed by atoms with Gasteiger partial charge in [0.1, 0.15) is 5.69 Å². The van der Waals surface area contributed by atoms with Crippen molar-refractivity contribution >= 4 is 23.5 Å². The van der Waals surface area contributed by atoms with Crippen LogP contribution in [0.2, 0.25) is 5.02 Å². The van der Waals surface area contributed by atoms with Gasteiger partial charge in [0.05, 0.1) is 6.61 Å². The number of nitrogens with one attached hydrogen (secondary N) is 2. The molecule has 3 rings (SSSR count). The van der Waals surface area contributed by atoms with E-state index in [1.807, 2.05) is 26.0 Å². The first-order valence-corrected chi connectivity index (χ1v) is 11.8. The van der Waals surface area contributed by atoms with Crippen molar-refractivity contribution in [3.05, 3.63) is 57.4 Å². The van der Waals surface area contributed by atoms with E-state index in [0.29, 0.717) is 31.1 Å². The SMILES string of the molecule is CCOC(=O)c1[nH]c(C)c(CCC(=O)NCC2CCN(Cc3ccc(Cl)cc3)CC2)c1C. The van der Waals surface area contributed by atoms with Gasteiger partial charge in [0.15, 0.2) is 0 Å². The molecule has 0 radical (unpaired) electrons. The number of piperidine rings is 1. The molecular formula is C25H34ClN3O3. The Kier molecular flexibility index (Phi) is 8.76. The minimum absolute atomic E-state index is 0.0614. The summed E-state index contributed by atoms with van der Waals surface area (Å²) < 4.78 is 5.10. The largest absolute Gasteiger partial charge is 0.461 e. The molecule has 6 nitrogen and oxygen atoms in total. The quantitative estimate of drug-likeness (QED) is 0.544. The van der Waals surface area contributed by atoms with E-state index in [-0.39, 0.29) is 11.9 Å². The fourth-order valence-electron chi connectivity index (χ4n) is 4.35. The van der Waals surface area contributed by atoms with Crippen LogP contribution in [0, 0.1) is 19.8 Å². The van der Waals surface area contributed by atoms with Gasteiger partial charge >= 0.3 is 5.97 Å². The second kappa shape index (κ2) is 11.5. The summed E-state index contributed by atoms with van der Waals surface area (Å²) in [7, 11) is 0. The zero-order valence-corrected chi connectivity index (χ0v) is 20.1. The number of H-pyrrole nitrogens is 1. The lowest BCUT2D eigenvalue weighted by atomic mass is 9.96. The van der Waals surface area contributed by atoms with Crippen LogP contribution in [0.25, 0.3) is 0 Å². The van der Waals surface area contributed by atoms with Crippen molar-refractivity contribution < 1.29 is 14.3 Å². The molecule has 1 aliphatic rings. The van der Waals surface area contributed by atoms with Gasteiger partial charge in [0.2, 0.25) is 5.91 Å². The molecule has 1 aliphatic heterocycles. The number of halogens is 1. The van der Waals surface area contributed by atoms with Crippen molar-refractivity contribution in [1.29, 1.82) is 0 Å². The Morgan fingerprint density at radius 3 is 2.53 bits per heavy atom. The Hall–Kier alpha value is -2.31. The lowest BCUT2D eigenvalue weighted by Crippen LogP contribution is -2.38. The number of carbonyl (C=O) groups is 2. The van der Waals surface area contributed by atoms with Crippen LogP contribution in [0.4, 0.5) is 0 Å². The minimum atomic E-state index is -0.341. The van der Waals surface area contributed by atoms with Gasteiger partial charge in [-0.25, -0.2) is 4.79 Å². The van der Waals surface area contributed by atoms with Crippen LogP contribution in [0.15, 0.2) is 24.3 Å². The Morgan fingerprint density at radius 1 is 1.19 bits per heavy atom. The van der Waals surface area contributed by atoms with E-state index in [1.54, 1.807) is 6.92 Å². The van der Waals surface area contributed by atoms with Crippen LogP contribution in [0.3, 0.4) is 0 Å². The number of amides is 1. The standard InChI is InChI=1S/C25H34ClN3O3/c1-4-32-25(31)24-17(2)22(18(3)28-24)9-10-23(30)27-15-19-11-13-29(14-12-19)16-20-5-7-21(26)8-6-20/h5-8,19,28H,4,9-16H2,1-3H3,(H,27,30). The summed E-state index contributed by atoms with van der Waals surface area (Å²) >= 11 is 5.96. The molecule has 1 aromatic heterocycles. The van der Waals surface area contributed by atoms with Gasteiger partial charge in [0, 0.05) is 30.2 Å². The van der Waals surface area contributed by atoms with E-state index in [0.717, 1.165) is 60.9 Å². The van der Waals surface area contributed by atoms with Gasteiger partial charge in [-0.1, -0.05) is 23.7 Å². The second-order valence-corrected chi connectivity index (χ2v) is 9.04. The third kappa shape index (κ3) is 6.59. The smallest absolute Gasteiger partial charge is 0.355 e. The predicted octanol–water partition coefficient (Wildman–Crippen LogP) is 4.42. The van der Waals surface area contributed by atoms with Crippen LogP contribution in [0.1, 0.15) is 59.1 Å². The Bertz CT molecular complexity index is 915. The van der Waals surface area contributed by atoms with Gasteiger partial charge in [-0.2, -0.15) is 0 Å². The number of hydrogen-bond acceptors (Lipinski definition) is 4. The normalized spacial score (nSPS) is 15.0. The topological polar surface area (TPSA) is 74.4 Å². The number of esters is 1. The molecule has 174 valence electrons. The van der Waals surface area contributed by atoms with E-state index in [2.05, 4.69) is 27.3 Å². The zero-order valence-electron chi connectivity index (χ0n) is 19.3. The number of likely N-dealkylation sites (tertiary alicyclic amines) is 1. The lowest BCUT2D eigenvalue weighted by Gasteiger charge is -2.32. The summed E-state index contributed by atoms with van der Waals surface area (Å²) in [6.07, 6.45) is 3.20. The van der Waals surface area contributed by atoms with Crippen molar-refractivity contribution in [2.45, 2.75) is 53.0 Å². The van der Waals surface area contributed by atoms with Crippen LogP contribution in [0.5, 0.6) is 0 Å². The van der Waals surface area contributed by atoms with Gasteiger partial charge < -0.3 is 15.0 Å². The van der Waals surface area contributed by atoms with E-state index >= 15 is 0 Å². The van der Waals surface area contributed by atoms with E-state index in [9.17, 15) is 9.59 Å². The van der Waals surface area contributed by atoms with Crippen LogP contribution in [-0.2, 0) is 22.5 Å². The summed E-state index contributed by atoms with van der Waals surface area (Å²) in [6.45, 7) is 9.72. The minimum Gasteiger partial charge on any atom is -0.461 e. The predicted molar refractivity (Wildman–Crippen MR) is 127 cm³/mol. The first-order valence-electron chi connectivity index (χ1n) is 11.5. The molecule has 1 saturated heterocycles. The molecule has 0 spiro atoms. The van der Waals surface area contributed by atoms with Crippen LogP contribution >= 0.6 is 11.6 Å². The second-order valence-electron chi connectivity index (χ2n) is 8.60. The first kappa shape index (κ1) is 24.3. The van der Waals surface area contributed by atoms with E-state index < -0.39 is 0 Å². The number of aryl methyl sites for hydroxylation is 1. The number of benzene rings is 1. The summed E-state index contributed by atoms with van der Waals surface area (Å²) in [6, 6.07) is 8.04. The fourth-order valence-corrected chi connectivity index (χ4v) is 4.48. The highest BCUT2D eigenvalue weighted by Gasteiger charge is 2.21. The highest BCUT2D eigenvalue weighted by molar-refractivity contribution is 6.30. The van der Waals surface area contributed by atoms with E-state index in [1.165, 1.54) is 5.56 Å². The molecule has 0 saturated carbocycles. The average Bonchev–Trinajstić information content (AvgIpc) is 3.07. The molecule has 32 heavy (non-hydrogen) atoms. The molecule has 2 N–H and O–H groups in total. The van der Waals surface area contributed by atoms with Crippen molar-refractivity contribution in [3.63, 3.8) is 0 Å². The maximum atomic E-state index is 12.4. The maximum Gasteiger partial charge on any atom is 0.355 e. The van der Waals surface area contributed by atoms with Gasteiger partial charge in [-0.15, -0.1) is 0 Å². The van der Waals surface area contributed by atoms with Gasteiger partial charge in [-0.05, 0) is 87.9 Å². The highest BCUT2D eigenvalue weighted by atomic mass is 35.5. The molecule has 0 bridgehead atoms. The van der Waals surface area contributed by atoms with Crippen molar-refractivity contribution in [2.24, 2.45) is 5.92 Å². The lowest BCUT2D eigenvalue weighted by molar-refractivity contribution is -0.121. The number of aromatic amines is 1. The third-order valence-corrected chi connectivity index (χ3v) is 6.54. The number of carbonyl (C=O) groups excluding carboxylic acids is 2. The van der Waals surface area contributed by atoms with Crippen LogP contribution in [-0.4, -0.2) is 48.0 Å². The monoisotopic (exact) mass is 459 g/mol. The average molecular weight is 460 g/mol. The van der Waals surface area contributed by atoms with E-state index in [4.69, 9.17) is 16.3 Å². The number of aromatic nitrogens is 1. The number of nitrogens with zero attached hydrogens (tertiary/aromatic N) is 1. The molecule has 0 atom stereocenters. The van der Waals surface area contributed by atoms with Crippen molar-refractivity contribution in [2.75, 3.05) is 26.2 Å². The zero-order chi connectivity index (χ0) is 23.1. The number of ether oxygens (including phenoxy) is 1. The molecular weight excluding hydrogens is 426 g/mol. The molecule has 2 aromatic rings. The van der Waals surface area contributed by atoms with Gasteiger partial charge in [-0.3, -0.25) is 9.69 Å². The summed E-state index contributed by atoms with van der Waals surface area (Å²) in [5.74, 6) is 0.240. The maximum absolute atomic E-state index is 12.4. The molecule has 1 amide bonds. The number of rotatable bonds is 9. The third-order valence-electron chi connectivity index (χ3n) is 6.29. The molecule has 7 heteroatoms. The van der Waals surface area contributed by atoms with Crippen molar-refractivity contribution in [1.82, 2.24) is 15.2 Å². The summed E-state index contributed by atoms with van der Waals surface area (Å²) in [5, 5.41) is 3.88. The Morgan fingerprint density at radius 2 is 1.88 bits per heavy atom. The molecule has 0 unspecified atom stereocenters. The Balaban J connectivity index is 1.39. The van der Waals surface area contributed by atoms with Gasteiger partial charge in [0.25, 0.3) is 0 Å². The molecule has 1 fully saturated rings. The summed E-state index contributed by atoms with van der Waals surface area (Å²) in [5.41, 5.74) is 4.60. The number of hydrogen-bond donors (Lipinski definition) is 2. The first-order chi connectivity index (χ1) is 15.4. The summed E-state index contributed by atoms with van der Waals surface area (Å²) in [4.78, 5) is 30.0. The molecule has 1 aromatic carbocycles. The Labute approximate surface area is 195 Å².